The van der Waals surface area contributed by atoms with E-state index >= 15 is 0 Å². The van der Waals surface area contributed by atoms with Crippen molar-refractivity contribution in [1.82, 2.24) is 0 Å². The molecule has 0 N–H and O–H groups in total. The second kappa shape index (κ2) is 10.1. The molecule has 0 saturated carbocycles. The van der Waals surface area contributed by atoms with E-state index in [-0.39, 0.29) is 23.5 Å². The molecule has 0 fully saturated rings. The van der Waals surface area contributed by atoms with Crippen molar-refractivity contribution >= 4 is 24.3 Å². The molecule has 2 aromatic carbocycles. The SMILES string of the molecule is CC1=C(C)C(C)(C)[C]([Ti]([O]C(=O)c2ccc(F)cc2)[O]C(=O)c2ccc(F)cc2)=C1C.Cl. The van der Waals surface area contributed by atoms with Crippen LogP contribution in [-0.2, 0) is 25.3 Å². The average molecular weight is 498 g/mol. The summed E-state index contributed by atoms with van der Waals surface area (Å²) in [6, 6.07) is 9.97. The Hall–Kier alpha value is -2.28. The molecule has 1 aliphatic carbocycles. The molecule has 0 amide bonds. The van der Waals surface area contributed by atoms with Crippen molar-refractivity contribution in [3.8, 4) is 0 Å². The van der Waals surface area contributed by atoms with Gasteiger partial charge in [0.05, 0.1) is 0 Å². The van der Waals surface area contributed by atoms with Gasteiger partial charge in [0.15, 0.2) is 0 Å². The Morgan fingerprint density at radius 3 is 1.44 bits per heavy atom. The third-order valence-corrected chi connectivity index (χ3v) is 9.15. The first-order valence-corrected chi connectivity index (χ1v) is 11.8. The maximum Gasteiger partial charge on any atom is -0.147 e. The van der Waals surface area contributed by atoms with Crippen LogP contribution in [0.15, 0.2) is 69.1 Å². The van der Waals surface area contributed by atoms with Gasteiger partial charge in [-0.1, -0.05) is 0 Å². The number of carbonyl (C=O) groups is 2. The van der Waals surface area contributed by atoms with E-state index < -0.39 is 47.6 Å². The second-order valence-corrected chi connectivity index (χ2v) is 10.3. The van der Waals surface area contributed by atoms with Gasteiger partial charge in [-0.2, -0.15) is 0 Å². The first-order valence-electron chi connectivity index (χ1n) is 9.75. The van der Waals surface area contributed by atoms with E-state index in [4.69, 9.17) is 6.64 Å². The van der Waals surface area contributed by atoms with Gasteiger partial charge < -0.3 is 0 Å². The van der Waals surface area contributed by atoms with Crippen LogP contribution in [0.1, 0.15) is 55.3 Å². The molecule has 1 aliphatic rings. The topological polar surface area (TPSA) is 52.6 Å². The summed E-state index contributed by atoms with van der Waals surface area (Å²) in [5.41, 5.74) is 3.01. The average Bonchev–Trinajstić information content (AvgIpc) is 2.87. The summed E-state index contributed by atoms with van der Waals surface area (Å²) in [6.07, 6.45) is 0. The molecule has 32 heavy (non-hydrogen) atoms. The Bertz CT molecular complexity index is 1030. The molecule has 0 saturated heterocycles. The fourth-order valence-corrected chi connectivity index (χ4v) is 6.72. The smallest absolute Gasteiger partial charge is 0.147 e. The number of benzene rings is 2. The molecule has 0 unspecified atom stereocenters. The first kappa shape index (κ1) is 26.0. The van der Waals surface area contributed by atoms with Crippen molar-refractivity contribution in [3.05, 3.63) is 91.9 Å². The molecule has 0 spiro atoms. The molecule has 0 radical (unpaired) electrons. The summed E-state index contributed by atoms with van der Waals surface area (Å²) in [5, 5.41) is 0. The molecule has 0 bridgehead atoms. The molecule has 2 aromatic rings. The van der Waals surface area contributed by atoms with Gasteiger partial charge in [-0.3, -0.25) is 0 Å². The third kappa shape index (κ3) is 5.20. The first-order chi connectivity index (χ1) is 14.5. The summed E-state index contributed by atoms with van der Waals surface area (Å²) in [4.78, 5) is 25.6. The van der Waals surface area contributed by atoms with Crippen LogP contribution in [0.2, 0.25) is 0 Å². The van der Waals surface area contributed by atoms with Crippen LogP contribution in [0.5, 0.6) is 0 Å². The summed E-state index contributed by atoms with van der Waals surface area (Å²) in [5.74, 6) is -2.30. The Morgan fingerprint density at radius 1 is 0.750 bits per heavy atom. The number of allylic oxidation sites excluding steroid dienone is 4. The Labute approximate surface area is 199 Å². The standard InChI is InChI=1S/C10H15.2C7H5FO2.ClH.Ti/c1-7-6-10(4,5)9(3)8(7)2;2*8-6-3-1-5(2-4-6)7(9)10;;/h1-5H3;2*1-4H,(H,9,10);1H;/q;;;;+2/p-2. The summed E-state index contributed by atoms with van der Waals surface area (Å²) < 4.78 is 38.8. The van der Waals surface area contributed by atoms with Crippen LogP contribution >= 0.6 is 12.4 Å². The van der Waals surface area contributed by atoms with Crippen molar-refractivity contribution in [2.75, 3.05) is 0 Å². The fraction of sp³-hybridized carbons (Fsp3) is 0.250. The molecule has 0 aliphatic heterocycles. The molecule has 3 rings (SSSR count). The zero-order valence-electron chi connectivity index (χ0n) is 18.4. The van der Waals surface area contributed by atoms with E-state index in [2.05, 4.69) is 0 Å². The van der Waals surface area contributed by atoms with Gasteiger partial charge in [-0.25, -0.2) is 0 Å². The van der Waals surface area contributed by atoms with Crippen LogP contribution in [-0.4, -0.2) is 11.9 Å². The van der Waals surface area contributed by atoms with E-state index in [1.807, 2.05) is 34.6 Å². The maximum atomic E-state index is 13.2. The van der Waals surface area contributed by atoms with Crippen LogP contribution in [0.3, 0.4) is 0 Å². The van der Waals surface area contributed by atoms with Crippen molar-refractivity contribution < 1.29 is 43.7 Å². The largest absolute Gasteiger partial charge is 0.147 e. The second-order valence-electron chi connectivity index (χ2n) is 7.96. The van der Waals surface area contributed by atoms with Gasteiger partial charge in [0, 0.05) is 0 Å². The predicted octanol–water partition coefficient (Wildman–Crippen LogP) is 6.50. The van der Waals surface area contributed by atoms with E-state index in [0.29, 0.717) is 0 Å². The fourth-order valence-electron chi connectivity index (χ4n) is 3.58. The van der Waals surface area contributed by atoms with Gasteiger partial charge in [-0.05, 0) is 0 Å². The van der Waals surface area contributed by atoms with E-state index in [9.17, 15) is 18.4 Å². The monoisotopic (exact) mass is 497 g/mol. The zero-order valence-corrected chi connectivity index (χ0v) is 20.8. The third-order valence-electron chi connectivity index (χ3n) is 5.80. The Kier molecular flexibility index (Phi) is 8.21. The number of hydrogen-bond donors (Lipinski definition) is 0. The molecule has 169 valence electrons. The van der Waals surface area contributed by atoms with Crippen LogP contribution in [0.4, 0.5) is 8.78 Å². The van der Waals surface area contributed by atoms with E-state index in [1.165, 1.54) is 48.5 Å². The maximum absolute atomic E-state index is 13.2. The minimum atomic E-state index is -3.43. The molecule has 8 heteroatoms. The van der Waals surface area contributed by atoms with Gasteiger partial charge in [-0.15, -0.1) is 12.4 Å². The Morgan fingerprint density at radius 2 is 1.12 bits per heavy atom. The van der Waals surface area contributed by atoms with Gasteiger partial charge in [0.2, 0.25) is 0 Å². The van der Waals surface area contributed by atoms with Crippen LogP contribution in [0, 0.1) is 17.0 Å². The molecule has 0 heterocycles. The van der Waals surface area contributed by atoms with Crippen molar-refractivity contribution in [3.63, 3.8) is 0 Å². The normalized spacial score (nSPS) is 14.7. The molecule has 0 aromatic heterocycles. The minimum Gasteiger partial charge on any atom is -0.147 e. The number of rotatable bonds is 5. The van der Waals surface area contributed by atoms with Gasteiger partial charge in [0.1, 0.15) is 0 Å². The number of halogens is 3. The van der Waals surface area contributed by atoms with Gasteiger partial charge in [0.25, 0.3) is 0 Å². The van der Waals surface area contributed by atoms with Crippen LogP contribution in [0.25, 0.3) is 0 Å². The van der Waals surface area contributed by atoms with E-state index in [1.54, 1.807) is 0 Å². The van der Waals surface area contributed by atoms with Gasteiger partial charge >= 0.3 is 188 Å². The van der Waals surface area contributed by atoms with Crippen molar-refractivity contribution in [1.29, 1.82) is 0 Å². The molecular weight excluding hydrogens is 474 g/mol. The Balaban J connectivity index is 0.00000363. The summed E-state index contributed by atoms with van der Waals surface area (Å²) in [7, 11) is 0. The van der Waals surface area contributed by atoms with Crippen LogP contribution < -0.4 is 0 Å². The van der Waals surface area contributed by atoms with Crippen molar-refractivity contribution in [2.24, 2.45) is 5.41 Å². The minimum absolute atomic E-state index is 0. The molecule has 4 nitrogen and oxygen atoms in total. The molecular formula is C24H24ClF2O4Ti. The van der Waals surface area contributed by atoms with Crippen molar-refractivity contribution in [2.45, 2.75) is 34.6 Å². The quantitative estimate of drug-likeness (QED) is 0.443. The number of hydrogen-bond acceptors (Lipinski definition) is 4. The summed E-state index contributed by atoms with van der Waals surface area (Å²) >= 11 is -3.43. The predicted molar refractivity (Wildman–Crippen MR) is 116 cm³/mol. The zero-order chi connectivity index (χ0) is 22.9. The summed E-state index contributed by atoms with van der Waals surface area (Å²) in [6.45, 7) is 9.92. The van der Waals surface area contributed by atoms with E-state index in [0.717, 1.165) is 20.6 Å². The number of carbonyl (C=O) groups excluding carboxylic acids is 2. The molecule has 0 atom stereocenters.